The second-order valence-corrected chi connectivity index (χ2v) is 4.82. The molecular formula is C14H16FN3O2. The molecule has 106 valence electrons. The zero-order valence-electron chi connectivity index (χ0n) is 11.4. The van der Waals surface area contributed by atoms with Gasteiger partial charge < -0.3 is 5.32 Å². The van der Waals surface area contributed by atoms with Gasteiger partial charge in [0.1, 0.15) is 11.5 Å². The molecule has 0 aliphatic carbocycles. The number of carbonyl (C=O) groups is 2. The maximum atomic E-state index is 13.5. The number of hydrogen-bond acceptors (Lipinski definition) is 3. The highest BCUT2D eigenvalue weighted by Gasteiger charge is 2.17. The van der Waals surface area contributed by atoms with Crippen molar-refractivity contribution in [2.45, 2.75) is 33.2 Å². The van der Waals surface area contributed by atoms with Gasteiger partial charge in [-0.15, -0.1) is 0 Å². The van der Waals surface area contributed by atoms with Gasteiger partial charge >= 0.3 is 0 Å². The van der Waals surface area contributed by atoms with E-state index in [0.29, 0.717) is 29.8 Å². The van der Waals surface area contributed by atoms with E-state index in [0.717, 1.165) is 5.56 Å². The van der Waals surface area contributed by atoms with Crippen LogP contribution in [0.4, 0.5) is 4.39 Å². The lowest BCUT2D eigenvalue weighted by atomic mass is 10.1. The monoisotopic (exact) mass is 277 g/mol. The maximum absolute atomic E-state index is 13.5. The number of amides is 2. The summed E-state index contributed by atoms with van der Waals surface area (Å²) in [4.78, 5) is 22.8. The Morgan fingerprint density at radius 3 is 2.55 bits per heavy atom. The summed E-state index contributed by atoms with van der Waals surface area (Å²) < 4.78 is 13.5. The van der Waals surface area contributed by atoms with E-state index in [2.05, 4.69) is 15.8 Å². The van der Waals surface area contributed by atoms with E-state index in [1.807, 2.05) is 0 Å². The zero-order chi connectivity index (χ0) is 14.7. The molecule has 20 heavy (non-hydrogen) atoms. The predicted octanol–water partition coefficient (Wildman–Crippen LogP) is 1.32. The molecule has 0 bridgehead atoms. The number of hydrazone groups is 1. The third kappa shape index (κ3) is 3.20. The first-order chi connectivity index (χ1) is 9.47. The molecule has 2 amide bonds. The van der Waals surface area contributed by atoms with E-state index in [-0.39, 0.29) is 24.1 Å². The second-order valence-electron chi connectivity index (χ2n) is 4.82. The second kappa shape index (κ2) is 5.81. The lowest BCUT2D eigenvalue weighted by Crippen LogP contribution is -2.36. The number of nitrogens with zero attached hydrogens (tertiary/aromatic N) is 1. The number of nitrogens with one attached hydrogen (secondary N) is 2. The number of benzene rings is 1. The molecule has 0 radical (unpaired) electrons. The van der Waals surface area contributed by atoms with Crippen molar-refractivity contribution in [1.82, 2.24) is 10.7 Å². The average Bonchev–Trinajstić information content (AvgIpc) is 2.42. The molecule has 0 saturated carbocycles. The van der Waals surface area contributed by atoms with E-state index in [1.165, 1.54) is 0 Å². The van der Waals surface area contributed by atoms with Crippen LogP contribution in [0.3, 0.4) is 0 Å². The van der Waals surface area contributed by atoms with Crippen LogP contribution in [-0.2, 0) is 16.1 Å². The number of halogens is 1. The van der Waals surface area contributed by atoms with Crippen LogP contribution in [0.15, 0.2) is 17.2 Å². The standard InChI is InChI=1S/C14H16FN3O2/c1-8-5-10(6-9(2)13(8)15)7-16-14(20)11-3-4-12(19)18-17-11/h5-6H,3-4,7H2,1-2H3,(H,16,20)(H,18,19). The molecule has 6 heteroatoms. The molecule has 0 fully saturated rings. The molecular weight excluding hydrogens is 261 g/mol. The van der Waals surface area contributed by atoms with Gasteiger partial charge in [-0.2, -0.15) is 5.10 Å². The Labute approximate surface area is 116 Å². The van der Waals surface area contributed by atoms with E-state index >= 15 is 0 Å². The van der Waals surface area contributed by atoms with Crippen LogP contribution in [0.5, 0.6) is 0 Å². The first-order valence-electron chi connectivity index (χ1n) is 6.36. The third-order valence-corrected chi connectivity index (χ3v) is 3.12. The number of rotatable bonds is 3. The van der Waals surface area contributed by atoms with Crippen molar-refractivity contribution < 1.29 is 14.0 Å². The molecule has 2 N–H and O–H groups in total. The van der Waals surface area contributed by atoms with Crippen molar-refractivity contribution in [2.24, 2.45) is 5.10 Å². The molecule has 1 aliphatic rings. The fourth-order valence-corrected chi connectivity index (χ4v) is 2.06. The molecule has 1 aliphatic heterocycles. The van der Waals surface area contributed by atoms with Gasteiger partial charge in [0.25, 0.3) is 5.91 Å². The summed E-state index contributed by atoms with van der Waals surface area (Å²) in [6, 6.07) is 3.40. The molecule has 1 aromatic rings. The number of hydrogen-bond donors (Lipinski definition) is 2. The zero-order valence-corrected chi connectivity index (χ0v) is 11.4. The largest absolute Gasteiger partial charge is 0.347 e. The minimum atomic E-state index is -0.315. The minimum absolute atomic E-state index is 0.189. The quantitative estimate of drug-likeness (QED) is 0.875. The molecule has 0 aromatic heterocycles. The minimum Gasteiger partial charge on any atom is -0.347 e. The van der Waals surface area contributed by atoms with Crippen LogP contribution in [0.1, 0.15) is 29.5 Å². The molecule has 1 heterocycles. The molecule has 0 atom stereocenters. The summed E-state index contributed by atoms with van der Waals surface area (Å²) in [6.45, 7) is 3.68. The lowest BCUT2D eigenvalue weighted by molar-refractivity contribution is -0.121. The Hall–Kier alpha value is -2.24. The Balaban J connectivity index is 1.99. The van der Waals surface area contributed by atoms with Gasteiger partial charge in [-0.25, -0.2) is 9.82 Å². The Morgan fingerprint density at radius 2 is 2.00 bits per heavy atom. The summed E-state index contributed by atoms with van der Waals surface area (Å²) in [5, 5.41) is 6.43. The molecule has 1 aromatic carbocycles. The van der Waals surface area contributed by atoms with Crippen molar-refractivity contribution in [3.05, 3.63) is 34.6 Å². The van der Waals surface area contributed by atoms with Crippen LogP contribution in [0.2, 0.25) is 0 Å². The summed E-state index contributed by atoms with van der Waals surface area (Å²) in [5.41, 5.74) is 4.51. The van der Waals surface area contributed by atoms with E-state index < -0.39 is 0 Å². The molecule has 0 saturated heterocycles. The SMILES string of the molecule is Cc1cc(CNC(=O)C2=NNC(=O)CC2)cc(C)c1F. The molecule has 5 nitrogen and oxygen atoms in total. The Kier molecular flexibility index (Phi) is 4.12. The third-order valence-electron chi connectivity index (χ3n) is 3.12. The fourth-order valence-electron chi connectivity index (χ4n) is 2.06. The van der Waals surface area contributed by atoms with Crippen LogP contribution >= 0.6 is 0 Å². The summed E-state index contributed by atoms with van der Waals surface area (Å²) in [5.74, 6) is -0.726. The van der Waals surface area contributed by atoms with Crippen molar-refractivity contribution in [3.63, 3.8) is 0 Å². The normalized spacial score (nSPS) is 14.6. The summed E-state index contributed by atoms with van der Waals surface area (Å²) >= 11 is 0. The van der Waals surface area contributed by atoms with Crippen molar-refractivity contribution in [3.8, 4) is 0 Å². The highest BCUT2D eigenvalue weighted by atomic mass is 19.1. The topological polar surface area (TPSA) is 70.6 Å². The van der Waals surface area contributed by atoms with Crippen molar-refractivity contribution in [1.29, 1.82) is 0 Å². The van der Waals surface area contributed by atoms with Gasteiger partial charge in [0.15, 0.2) is 0 Å². The smallest absolute Gasteiger partial charge is 0.267 e. The van der Waals surface area contributed by atoms with Crippen LogP contribution in [-0.4, -0.2) is 17.5 Å². The lowest BCUT2D eigenvalue weighted by Gasteiger charge is -2.12. The number of carbonyl (C=O) groups excluding carboxylic acids is 2. The van der Waals surface area contributed by atoms with Gasteiger partial charge in [0, 0.05) is 19.4 Å². The Bertz CT molecular complexity index is 573. The van der Waals surface area contributed by atoms with Crippen LogP contribution in [0, 0.1) is 19.7 Å². The van der Waals surface area contributed by atoms with E-state index in [1.54, 1.807) is 26.0 Å². The average molecular weight is 277 g/mol. The van der Waals surface area contributed by atoms with Crippen molar-refractivity contribution in [2.75, 3.05) is 0 Å². The van der Waals surface area contributed by atoms with Gasteiger partial charge in [0.2, 0.25) is 5.91 Å². The summed E-state index contributed by atoms with van der Waals surface area (Å²) in [6.07, 6.45) is 0.597. The first-order valence-corrected chi connectivity index (χ1v) is 6.36. The van der Waals surface area contributed by atoms with E-state index in [9.17, 15) is 14.0 Å². The van der Waals surface area contributed by atoms with Gasteiger partial charge in [-0.3, -0.25) is 9.59 Å². The number of aryl methyl sites for hydroxylation is 2. The van der Waals surface area contributed by atoms with Gasteiger partial charge in [-0.1, -0.05) is 12.1 Å². The highest BCUT2D eigenvalue weighted by Crippen LogP contribution is 2.14. The van der Waals surface area contributed by atoms with Crippen LogP contribution < -0.4 is 10.7 Å². The van der Waals surface area contributed by atoms with E-state index in [4.69, 9.17) is 0 Å². The Morgan fingerprint density at radius 1 is 1.35 bits per heavy atom. The van der Waals surface area contributed by atoms with Crippen molar-refractivity contribution >= 4 is 17.5 Å². The van der Waals surface area contributed by atoms with Gasteiger partial charge in [-0.05, 0) is 30.5 Å². The maximum Gasteiger partial charge on any atom is 0.267 e. The molecule has 0 unspecified atom stereocenters. The first kappa shape index (κ1) is 14.2. The predicted molar refractivity (Wildman–Crippen MR) is 72.5 cm³/mol. The van der Waals surface area contributed by atoms with Gasteiger partial charge in [0.05, 0.1) is 0 Å². The fraction of sp³-hybridized carbons (Fsp3) is 0.357. The molecule has 0 spiro atoms. The molecule has 2 rings (SSSR count). The highest BCUT2D eigenvalue weighted by molar-refractivity contribution is 6.39. The van der Waals surface area contributed by atoms with Crippen LogP contribution in [0.25, 0.3) is 0 Å². The summed E-state index contributed by atoms with van der Waals surface area (Å²) in [7, 11) is 0.